The summed E-state index contributed by atoms with van der Waals surface area (Å²) in [6.07, 6.45) is 5.21. The SMILES string of the molecule is CN1C(=O)N(C)C2(CC3(CCC(NC(N)=O)CC3)C2)C1=O. The van der Waals surface area contributed by atoms with E-state index >= 15 is 0 Å². The molecule has 1 heterocycles. The second-order valence-corrected chi connectivity index (χ2v) is 6.87. The standard InChI is InChI=1S/C14H22N4O3/c1-17-10(19)14(18(2)12(17)21)7-13(8-14)5-3-9(4-6-13)16-11(15)20/h9H,3-8H2,1-2H3,(H3,15,16,20). The zero-order valence-electron chi connectivity index (χ0n) is 12.5. The van der Waals surface area contributed by atoms with Gasteiger partial charge in [-0.25, -0.2) is 9.59 Å². The lowest BCUT2D eigenvalue weighted by atomic mass is 9.51. The third kappa shape index (κ3) is 1.90. The Bertz CT molecular complexity index is 502. The molecule has 21 heavy (non-hydrogen) atoms. The van der Waals surface area contributed by atoms with Crippen LogP contribution in [0.25, 0.3) is 0 Å². The molecule has 2 aliphatic carbocycles. The number of hydrogen-bond donors (Lipinski definition) is 2. The normalized spacial score (nSPS) is 39.0. The van der Waals surface area contributed by atoms with Crippen molar-refractivity contribution in [2.45, 2.75) is 50.1 Å². The summed E-state index contributed by atoms with van der Waals surface area (Å²) in [4.78, 5) is 38.0. The summed E-state index contributed by atoms with van der Waals surface area (Å²) < 4.78 is 0. The monoisotopic (exact) mass is 294 g/mol. The highest BCUT2D eigenvalue weighted by Crippen LogP contribution is 2.60. The number of likely N-dealkylation sites (N-methyl/N-ethyl adjacent to an activating group) is 2. The van der Waals surface area contributed by atoms with Crippen LogP contribution < -0.4 is 11.1 Å². The van der Waals surface area contributed by atoms with Gasteiger partial charge in [0.2, 0.25) is 0 Å². The molecule has 1 saturated heterocycles. The summed E-state index contributed by atoms with van der Waals surface area (Å²) in [5.74, 6) is -0.0713. The Morgan fingerprint density at radius 3 is 2.24 bits per heavy atom. The molecule has 3 fully saturated rings. The van der Waals surface area contributed by atoms with Crippen LogP contribution in [-0.2, 0) is 4.79 Å². The van der Waals surface area contributed by atoms with Crippen molar-refractivity contribution in [2.24, 2.45) is 11.1 Å². The summed E-state index contributed by atoms with van der Waals surface area (Å²) in [7, 11) is 3.27. The molecule has 1 aliphatic heterocycles. The maximum atomic E-state index is 12.4. The number of amides is 5. The maximum Gasteiger partial charge on any atom is 0.327 e. The molecule has 2 spiro atoms. The molecule has 3 rings (SSSR count). The van der Waals surface area contributed by atoms with Crippen LogP contribution in [0.2, 0.25) is 0 Å². The zero-order chi connectivity index (χ0) is 15.4. The summed E-state index contributed by atoms with van der Waals surface area (Å²) in [5.41, 5.74) is 4.68. The molecule has 116 valence electrons. The number of hydrogen-bond acceptors (Lipinski definition) is 3. The number of nitrogens with zero attached hydrogens (tertiary/aromatic N) is 2. The summed E-state index contributed by atoms with van der Waals surface area (Å²) in [5, 5.41) is 2.76. The van der Waals surface area contributed by atoms with E-state index in [0.29, 0.717) is 0 Å². The van der Waals surface area contributed by atoms with E-state index in [9.17, 15) is 14.4 Å². The highest BCUT2D eigenvalue weighted by atomic mass is 16.2. The van der Waals surface area contributed by atoms with E-state index in [1.807, 2.05) is 0 Å². The number of carbonyl (C=O) groups excluding carboxylic acids is 3. The van der Waals surface area contributed by atoms with E-state index in [1.165, 1.54) is 4.90 Å². The summed E-state index contributed by atoms with van der Waals surface area (Å²) in [6, 6.07) is -0.538. The van der Waals surface area contributed by atoms with Crippen LogP contribution in [0.1, 0.15) is 38.5 Å². The predicted octanol–water partition coefficient (Wildman–Crippen LogP) is 0.640. The zero-order valence-corrected chi connectivity index (χ0v) is 12.5. The minimum Gasteiger partial charge on any atom is -0.352 e. The number of urea groups is 2. The second-order valence-electron chi connectivity index (χ2n) is 6.87. The van der Waals surface area contributed by atoms with Gasteiger partial charge in [0.1, 0.15) is 5.54 Å². The number of imide groups is 1. The van der Waals surface area contributed by atoms with E-state index in [2.05, 4.69) is 5.32 Å². The van der Waals surface area contributed by atoms with Crippen molar-refractivity contribution < 1.29 is 14.4 Å². The van der Waals surface area contributed by atoms with Gasteiger partial charge in [-0.2, -0.15) is 0 Å². The molecule has 0 unspecified atom stereocenters. The molecule has 3 N–H and O–H groups in total. The van der Waals surface area contributed by atoms with Crippen molar-refractivity contribution in [3.8, 4) is 0 Å². The van der Waals surface area contributed by atoms with Crippen LogP contribution in [-0.4, -0.2) is 53.4 Å². The Labute approximate surface area is 123 Å². The molecule has 0 aromatic heterocycles. The number of rotatable bonds is 1. The Morgan fingerprint density at radius 1 is 1.24 bits per heavy atom. The fourth-order valence-electron chi connectivity index (χ4n) is 4.46. The van der Waals surface area contributed by atoms with E-state index in [-0.39, 0.29) is 23.4 Å². The van der Waals surface area contributed by atoms with Gasteiger partial charge in [-0.15, -0.1) is 0 Å². The summed E-state index contributed by atoms with van der Waals surface area (Å²) in [6.45, 7) is 0. The maximum absolute atomic E-state index is 12.4. The van der Waals surface area contributed by atoms with Crippen molar-refractivity contribution in [1.82, 2.24) is 15.1 Å². The largest absolute Gasteiger partial charge is 0.352 e. The van der Waals surface area contributed by atoms with Gasteiger partial charge in [0.25, 0.3) is 5.91 Å². The quantitative estimate of drug-likeness (QED) is 0.695. The van der Waals surface area contributed by atoms with Gasteiger partial charge >= 0.3 is 12.1 Å². The van der Waals surface area contributed by atoms with Crippen LogP contribution in [0, 0.1) is 5.41 Å². The van der Waals surface area contributed by atoms with Crippen molar-refractivity contribution in [3.63, 3.8) is 0 Å². The predicted molar refractivity (Wildman–Crippen MR) is 75.3 cm³/mol. The minimum absolute atomic E-state index is 0.0713. The second kappa shape index (κ2) is 4.35. The fourth-order valence-corrected chi connectivity index (χ4v) is 4.46. The smallest absolute Gasteiger partial charge is 0.327 e. The molecule has 5 amide bonds. The average Bonchev–Trinajstić information content (AvgIpc) is 2.56. The van der Waals surface area contributed by atoms with Crippen LogP contribution in [0.4, 0.5) is 9.59 Å². The molecular weight excluding hydrogens is 272 g/mol. The Hall–Kier alpha value is -1.79. The highest BCUT2D eigenvalue weighted by Gasteiger charge is 2.66. The number of primary amides is 1. The summed E-state index contributed by atoms with van der Waals surface area (Å²) >= 11 is 0. The van der Waals surface area contributed by atoms with Crippen LogP contribution in [0.3, 0.4) is 0 Å². The Morgan fingerprint density at radius 2 is 1.81 bits per heavy atom. The van der Waals surface area contributed by atoms with Crippen LogP contribution >= 0.6 is 0 Å². The first-order valence-electron chi connectivity index (χ1n) is 7.42. The third-order valence-corrected chi connectivity index (χ3v) is 5.65. The first kappa shape index (κ1) is 14.2. The van der Waals surface area contributed by atoms with Gasteiger partial charge in [-0.3, -0.25) is 9.69 Å². The first-order valence-corrected chi connectivity index (χ1v) is 7.42. The number of nitrogens with two attached hydrogens (primary N) is 1. The fraction of sp³-hybridized carbons (Fsp3) is 0.786. The molecule has 2 saturated carbocycles. The molecule has 7 nitrogen and oxygen atoms in total. The van der Waals surface area contributed by atoms with Gasteiger partial charge in [0.15, 0.2) is 0 Å². The van der Waals surface area contributed by atoms with Crippen molar-refractivity contribution in [2.75, 3.05) is 14.1 Å². The van der Waals surface area contributed by atoms with E-state index in [4.69, 9.17) is 5.73 Å². The van der Waals surface area contributed by atoms with Gasteiger partial charge < -0.3 is 16.0 Å². The van der Waals surface area contributed by atoms with Crippen molar-refractivity contribution in [1.29, 1.82) is 0 Å². The topological polar surface area (TPSA) is 95.7 Å². The van der Waals surface area contributed by atoms with Crippen molar-refractivity contribution >= 4 is 18.0 Å². The third-order valence-electron chi connectivity index (χ3n) is 5.65. The van der Waals surface area contributed by atoms with Gasteiger partial charge in [0, 0.05) is 20.1 Å². The average molecular weight is 294 g/mol. The lowest BCUT2D eigenvalue weighted by Gasteiger charge is -2.57. The number of carbonyl (C=O) groups is 3. The minimum atomic E-state index is -0.615. The lowest BCUT2D eigenvalue weighted by molar-refractivity contribution is -0.147. The lowest BCUT2D eigenvalue weighted by Crippen LogP contribution is -2.63. The Kier molecular flexibility index (Phi) is 2.93. The Balaban J connectivity index is 1.65. The molecule has 0 aromatic rings. The molecule has 0 bridgehead atoms. The van der Waals surface area contributed by atoms with Crippen LogP contribution in [0.5, 0.6) is 0 Å². The molecular formula is C14H22N4O3. The van der Waals surface area contributed by atoms with Gasteiger partial charge in [-0.05, 0) is 43.9 Å². The molecule has 7 heteroatoms. The highest BCUT2D eigenvalue weighted by molar-refractivity contribution is 6.07. The van der Waals surface area contributed by atoms with Gasteiger partial charge in [0.05, 0.1) is 0 Å². The van der Waals surface area contributed by atoms with E-state index < -0.39 is 11.6 Å². The first-order chi connectivity index (χ1) is 9.80. The molecule has 0 aromatic carbocycles. The van der Waals surface area contributed by atoms with E-state index in [1.54, 1.807) is 19.0 Å². The molecule has 0 atom stereocenters. The van der Waals surface area contributed by atoms with Crippen LogP contribution in [0.15, 0.2) is 0 Å². The van der Waals surface area contributed by atoms with Gasteiger partial charge in [-0.1, -0.05) is 0 Å². The van der Waals surface area contributed by atoms with Crippen molar-refractivity contribution in [3.05, 3.63) is 0 Å². The molecule has 0 radical (unpaired) electrons. The number of nitrogens with one attached hydrogen (secondary N) is 1. The molecule has 3 aliphatic rings. The van der Waals surface area contributed by atoms with E-state index in [0.717, 1.165) is 38.5 Å².